The lowest BCUT2D eigenvalue weighted by Gasteiger charge is -2.26. The maximum Gasteiger partial charge on any atom is 0.186 e. The number of ketones is 3. The van der Waals surface area contributed by atoms with Gasteiger partial charge in [0.2, 0.25) is 0 Å². The number of carbonyl (C=O) groups is 3. The second kappa shape index (κ2) is 33.7. The van der Waals surface area contributed by atoms with Gasteiger partial charge in [-0.15, -0.1) is 26.6 Å². The van der Waals surface area contributed by atoms with E-state index in [2.05, 4.69) is 198 Å². The van der Waals surface area contributed by atoms with E-state index in [1.54, 1.807) is 37.2 Å². The van der Waals surface area contributed by atoms with Crippen molar-refractivity contribution in [3.8, 4) is 0 Å². The summed E-state index contributed by atoms with van der Waals surface area (Å²) >= 11 is 7.78. The molecule has 3 aliphatic heterocycles. The summed E-state index contributed by atoms with van der Waals surface area (Å²) in [6.07, 6.45) is 31.5. The van der Waals surface area contributed by atoms with Gasteiger partial charge in [-0.25, -0.2) is 29.0 Å². The van der Waals surface area contributed by atoms with Crippen LogP contribution in [0.1, 0.15) is 161 Å². The SMILES string of the molecule is CCCCC(CC(=O)c1cnc(Br)s1)Cc1c[nH]c2ccccc12.CCCCC(CC(=O)c1cnc(N2CCn3nncc3C2)s1)Cc1c[nH]c2ccccc12.CCCCC(CC(=O)c1cnc(N2CCn3nncc3C2)s1)Cc1c[nH]c2ccccc12.c1nnn2c1CNCC2. The molecule has 4 N–H and O–H groups in total. The Morgan fingerprint density at radius 2 is 0.856 bits per heavy atom. The first-order valence-electron chi connectivity index (χ1n) is 34.2. The zero-order chi connectivity index (χ0) is 66.9. The number of nitrogens with zero attached hydrogens (tertiary/aromatic N) is 14. The maximum absolute atomic E-state index is 13.2. The molecule has 9 aromatic heterocycles. The number of fused-ring (bicyclic) bond motifs is 6. The molecule has 0 bridgehead atoms. The fraction of sp³-hybridized carbons (Fsp3) is 0.417. The number of aromatic nitrogens is 15. The number of aromatic amines is 3. The summed E-state index contributed by atoms with van der Waals surface area (Å²) in [5.74, 6) is 1.67. The fourth-order valence-corrected chi connectivity index (χ4v) is 16.2. The van der Waals surface area contributed by atoms with Crippen molar-refractivity contribution in [2.45, 2.75) is 156 Å². The van der Waals surface area contributed by atoms with Crippen LogP contribution in [0.4, 0.5) is 10.3 Å². The number of nitrogens with one attached hydrogen (secondary N) is 4. The molecule has 3 unspecified atom stereocenters. The molecular weight excluding hydrogens is 1340 g/mol. The lowest BCUT2D eigenvalue weighted by molar-refractivity contribution is 0.0953. The minimum absolute atomic E-state index is 0.207. The minimum atomic E-state index is 0.207. The molecule has 0 amide bonds. The van der Waals surface area contributed by atoms with Crippen LogP contribution in [-0.2, 0) is 58.5 Å². The topological polar surface area (TPSA) is 248 Å². The molecule has 25 heteroatoms. The van der Waals surface area contributed by atoms with Crippen LogP contribution in [-0.4, -0.2) is 112 Å². The number of anilines is 2. The van der Waals surface area contributed by atoms with Crippen molar-refractivity contribution >= 4 is 110 Å². The van der Waals surface area contributed by atoms with Gasteiger partial charge in [0.05, 0.1) is 102 Å². The van der Waals surface area contributed by atoms with Gasteiger partial charge in [0.15, 0.2) is 31.5 Å². The summed E-state index contributed by atoms with van der Waals surface area (Å²) in [5, 5.41) is 32.6. The largest absolute Gasteiger partial charge is 0.361 e. The number of para-hydroxylation sites is 3. The molecule has 3 aliphatic rings. The molecule has 12 aromatic rings. The molecule has 0 saturated heterocycles. The zero-order valence-corrected chi connectivity index (χ0v) is 59.5. The molecule has 0 aliphatic carbocycles. The molecule has 0 spiro atoms. The van der Waals surface area contributed by atoms with Crippen molar-refractivity contribution in [2.24, 2.45) is 17.8 Å². The maximum atomic E-state index is 13.2. The Bertz CT molecular complexity index is 4280. The first-order valence-corrected chi connectivity index (χ1v) is 37.4. The third kappa shape index (κ3) is 17.9. The second-order valence-corrected chi connectivity index (χ2v) is 29.8. The number of hydrogen-bond donors (Lipinski definition) is 4. The van der Waals surface area contributed by atoms with E-state index in [9.17, 15) is 14.4 Å². The number of hydrogen-bond acceptors (Lipinski definition) is 18. The van der Waals surface area contributed by atoms with Crippen LogP contribution in [0.5, 0.6) is 0 Å². The van der Waals surface area contributed by atoms with Gasteiger partial charge in [-0.2, -0.15) is 0 Å². The average molecular weight is 1430 g/mol. The van der Waals surface area contributed by atoms with Crippen LogP contribution in [0.25, 0.3) is 32.7 Å². The third-order valence-electron chi connectivity index (χ3n) is 18.5. The highest BCUT2D eigenvalue weighted by Gasteiger charge is 2.27. The molecule has 0 saturated carbocycles. The van der Waals surface area contributed by atoms with E-state index < -0.39 is 0 Å². The summed E-state index contributed by atoms with van der Waals surface area (Å²) in [6.45, 7) is 14.2. The highest BCUT2D eigenvalue weighted by Crippen LogP contribution is 2.34. The molecule has 0 fully saturated rings. The van der Waals surface area contributed by atoms with Crippen molar-refractivity contribution in [3.63, 3.8) is 0 Å². The Morgan fingerprint density at radius 1 is 0.474 bits per heavy atom. The first-order chi connectivity index (χ1) is 47.6. The second-order valence-electron chi connectivity index (χ2n) is 25.5. The molecule has 3 aromatic carbocycles. The summed E-state index contributed by atoms with van der Waals surface area (Å²) in [7, 11) is 0. The van der Waals surface area contributed by atoms with Crippen molar-refractivity contribution in [1.29, 1.82) is 0 Å². The fourth-order valence-electron chi connectivity index (χ4n) is 13.2. The Morgan fingerprint density at radius 3 is 1.25 bits per heavy atom. The number of unbranched alkanes of at least 4 members (excludes halogenated alkanes) is 3. The monoisotopic (exact) mass is 1420 g/mol. The smallest absolute Gasteiger partial charge is 0.186 e. The van der Waals surface area contributed by atoms with Gasteiger partial charge in [0.1, 0.15) is 0 Å². The summed E-state index contributed by atoms with van der Waals surface area (Å²) < 4.78 is 6.56. The number of halogens is 1. The van der Waals surface area contributed by atoms with E-state index in [0.717, 1.165) is 187 Å². The molecule has 506 valence electrons. The predicted octanol–water partition coefficient (Wildman–Crippen LogP) is 15.1. The van der Waals surface area contributed by atoms with Crippen molar-refractivity contribution in [1.82, 2.24) is 80.2 Å². The normalized spacial score (nSPS) is 14.4. The van der Waals surface area contributed by atoms with Gasteiger partial charge in [0.25, 0.3) is 0 Å². The van der Waals surface area contributed by atoms with Crippen LogP contribution in [0.2, 0.25) is 0 Å². The number of benzene rings is 3. The van der Waals surface area contributed by atoms with Gasteiger partial charge in [-0.1, -0.05) is 152 Å². The third-order valence-corrected chi connectivity index (χ3v) is 22.2. The van der Waals surface area contributed by atoms with E-state index in [-0.39, 0.29) is 17.3 Å². The molecular formula is C72H85BrN18O3S3. The summed E-state index contributed by atoms with van der Waals surface area (Å²) in [6, 6.07) is 25.2. The number of H-pyrrole nitrogens is 3. The van der Waals surface area contributed by atoms with Gasteiger partial charge in [0, 0.05) is 96.7 Å². The Hall–Kier alpha value is -8.36. The highest BCUT2D eigenvalue weighted by atomic mass is 79.9. The quantitative estimate of drug-likeness (QED) is 0.0368. The zero-order valence-electron chi connectivity index (χ0n) is 55.4. The summed E-state index contributed by atoms with van der Waals surface area (Å²) in [5.41, 5.74) is 10.7. The summed E-state index contributed by atoms with van der Waals surface area (Å²) in [4.78, 5) is 69.0. The standard InChI is InChI=1S/2C24H28N6OS.C19H21BrN2OS.C5H8N4/c2*1-2-3-6-17(11-18-13-25-21-8-5-4-7-20(18)21)12-22(31)23-15-26-24(32-23)29-9-10-30-19(16-29)14-27-28-30;1-2-3-6-13(10-17(23)18-12-22-19(20)24-18)9-14-11-21-16-8-5-4-7-15(14)16;1-2-9-5(3-6-1)4-7-8-9/h2*4-5,7-8,13-15,17,25H,2-3,6,9-12,16H2,1H3;4-5,7-8,11-13,21H,2-3,6,9-10H2,1H3;4,6H,1-3H2. The molecule has 97 heavy (non-hydrogen) atoms. The Labute approximate surface area is 585 Å². The van der Waals surface area contributed by atoms with Crippen molar-refractivity contribution in [3.05, 3.63) is 181 Å². The molecule has 15 rings (SSSR count). The van der Waals surface area contributed by atoms with Crippen LogP contribution >= 0.6 is 49.9 Å². The number of thiazole rings is 3. The lowest BCUT2D eigenvalue weighted by atomic mass is 9.89. The van der Waals surface area contributed by atoms with E-state index in [0.29, 0.717) is 37.0 Å². The molecule has 12 heterocycles. The van der Waals surface area contributed by atoms with Gasteiger partial charge in [-0.05, 0) is 107 Å². The van der Waals surface area contributed by atoms with E-state index in [4.69, 9.17) is 0 Å². The van der Waals surface area contributed by atoms with E-state index in [1.165, 1.54) is 78.1 Å². The lowest BCUT2D eigenvalue weighted by Crippen LogP contribution is -2.33. The Kier molecular flexibility index (Phi) is 23.9. The average Bonchev–Trinajstić information content (AvgIpc) is 1.74. The molecule has 21 nitrogen and oxygen atoms in total. The number of Topliss-reactive ketones (excluding diaryl/α,β-unsaturated/α-hetero) is 3. The van der Waals surface area contributed by atoms with Gasteiger partial charge in [-0.3, -0.25) is 14.4 Å². The van der Waals surface area contributed by atoms with Crippen molar-refractivity contribution in [2.75, 3.05) is 29.4 Å². The number of carbonyl (C=O) groups excluding carboxylic acids is 3. The van der Waals surface area contributed by atoms with Crippen LogP contribution < -0.4 is 15.1 Å². The van der Waals surface area contributed by atoms with Gasteiger partial charge >= 0.3 is 0 Å². The Balaban J connectivity index is 0.000000131. The molecule has 0 radical (unpaired) electrons. The first kappa shape index (κ1) is 68.6. The molecule has 3 atom stereocenters. The van der Waals surface area contributed by atoms with Crippen LogP contribution in [0.15, 0.2) is 132 Å². The minimum Gasteiger partial charge on any atom is -0.361 e. The van der Waals surface area contributed by atoms with Crippen LogP contribution in [0.3, 0.4) is 0 Å². The van der Waals surface area contributed by atoms with E-state index >= 15 is 0 Å². The predicted molar refractivity (Wildman–Crippen MR) is 390 cm³/mol. The van der Waals surface area contributed by atoms with Crippen molar-refractivity contribution < 1.29 is 14.4 Å². The van der Waals surface area contributed by atoms with Crippen LogP contribution in [0, 0.1) is 17.8 Å². The number of rotatable bonds is 26. The highest BCUT2D eigenvalue weighted by molar-refractivity contribution is 9.11. The van der Waals surface area contributed by atoms with E-state index in [1.807, 2.05) is 20.1 Å². The van der Waals surface area contributed by atoms with Gasteiger partial charge < -0.3 is 30.1 Å².